The smallest absolute Gasteiger partial charge is 0.283 e. The molecular formula is C31H30N4O3S. The highest BCUT2D eigenvalue weighted by Gasteiger charge is 2.36. The maximum Gasteiger partial charge on any atom is 0.283 e. The molecule has 3 aromatic rings. The van der Waals surface area contributed by atoms with Crippen LogP contribution in [0.2, 0.25) is 0 Å². The number of amides is 1. The lowest BCUT2D eigenvalue weighted by atomic mass is 10.0. The Morgan fingerprint density at radius 2 is 1.64 bits per heavy atom. The fourth-order valence-electron chi connectivity index (χ4n) is 4.19. The van der Waals surface area contributed by atoms with Crippen LogP contribution < -0.4 is 9.47 Å². The van der Waals surface area contributed by atoms with E-state index < -0.39 is 5.91 Å². The quantitative estimate of drug-likeness (QED) is 0.260. The number of ether oxygens (including phenoxy) is 2. The van der Waals surface area contributed by atoms with Gasteiger partial charge in [0, 0.05) is 5.56 Å². The first-order valence-corrected chi connectivity index (χ1v) is 13.6. The van der Waals surface area contributed by atoms with Crippen LogP contribution in [0.25, 0.3) is 6.08 Å². The molecule has 7 nitrogen and oxygen atoms in total. The van der Waals surface area contributed by atoms with E-state index >= 15 is 0 Å². The largest absolute Gasteiger partial charge is 0.490 e. The van der Waals surface area contributed by atoms with Gasteiger partial charge >= 0.3 is 0 Å². The fourth-order valence-corrected chi connectivity index (χ4v) is 5.08. The van der Waals surface area contributed by atoms with Crippen molar-refractivity contribution in [2.24, 2.45) is 10.1 Å². The van der Waals surface area contributed by atoms with E-state index in [0.29, 0.717) is 35.1 Å². The molecule has 3 aromatic carbocycles. The molecule has 2 aliphatic heterocycles. The Labute approximate surface area is 232 Å². The third-order valence-electron chi connectivity index (χ3n) is 6.34. The van der Waals surface area contributed by atoms with Gasteiger partial charge < -0.3 is 9.47 Å². The van der Waals surface area contributed by atoms with E-state index in [4.69, 9.17) is 14.9 Å². The molecule has 0 spiro atoms. The lowest BCUT2D eigenvalue weighted by Crippen LogP contribution is -2.35. The number of benzene rings is 3. The minimum absolute atomic E-state index is 0.00834. The van der Waals surface area contributed by atoms with Crippen LogP contribution in [0.5, 0.6) is 11.5 Å². The van der Waals surface area contributed by atoms with Crippen molar-refractivity contribution in [1.82, 2.24) is 5.01 Å². The monoisotopic (exact) mass is 538 g/mol. The Morgan fingerprint density at radius 3 is 2.36 bits per heavy atom. The minimum atomic E-state index is -0.450. The van der Waals surface area contributed by atoms with Crippen molar-refractivity contribution in [1.29, 1.82) is 5.41 Å². The molecule has 8 heteroatoms. The first-order valence-electron chi connectivity index (χ1n) is 12.8. The Morgan fingerprint density at radius 1 is 0.949 bits per heavy atom. The molecule has 5 rings (SSSR count). The van der Waals surface area contributed by atoms with Gasteiger partial charge in [-0.25, -0.2) is 0 Å². The molecule has 0 fully saturated rings. The summed E-state index contributed by atoms with van der Waals surface area (Å²) < 4.78 is 11.9. The third kappa shape index (κ3) is 5.96. The number of amidine groups is 2. The maximum absolute atomic E-state index is 12.8. The van der Waals surface area contributed by atoms with Crippen LogP contribution in [-0.4, -0.2) is 40.2 Å². The lowest BCUT2D eigenvalue weighted by molar-refractivity contribution is -0.114. The summed E-state index contributed by atoms with van der Waals surface area (Å²) in [6.07, 6.45) is 1.66. The van der Waals surface area contributed by atoms with Gasteiger partial charge in [0.05, 0.1) is 5.57 Å². The molecule has 0 aliphatic carbocycles. The maximum atomic E-state index is 12.8. The number of rotatable bonds is 8. The van der Waals surface area contributed by atoms with Crippen molar-refractivity contribution in [2.45, 2.75) is 33.6 Å². The van der Waals surface area contributed by atoms with E-state index in [1.54, 1.807) is 6.08 Å². The molecule has 39 heavy (non-hydrogen) atoms. The Kier molecular flexibility index (Phi) is 7.65. The molecule has 198 valence electrons. The molecule has 2 aliphatic rings. The number of fused-ring (bicyclic) bond motifs is 1. The molecule has 0 atom stereocenters. The van der Waals surface area contributed by atoms with E-state index in [9.17, 15) is 4.79 Å². The Balaban J connectivity index is 1.21. The number of hydrogen-bond donors (Lipinski definition) is 1. The van der Waals surface area contributed by atoms with Crippen molar-refractivity contribution < 1.29 is 14.3 Å². The van der Waals surface area contributed by atoms with Crippen LogP contribution >= 0.6 is 11.8 Å². The molecule has 1 amide bonds. The van der Waals surface area contributed by atoms with Gasteiger partial charge in [-0.1, -0.05) is 67.9 Å². The van der Waals surface area contributed by atoms with Crippen LogP contribution in [0.15, 0.2) is 82.4 Å². The molecule has 0 saturated heterocycles. The van der Waals surface area contributed by atoms with Crippen molar-refractivity contribution in [3.63, 3.8) is 0 Å². The van der Waals surface area contributed by atoms with Gasteiger partial charge in [0.25, 0.3) is 5.91 Å². The predicted molar refractivity (Wildman–Crippen MR) is 158 cm³/mol. The van der Waals surface area contributed by atoms with Crippen molar-refractivity contribution in [3.8, 4) is 11.5 Å². The SMILES string of the molecule is Cc1ccc(C2=NN3C(=N)/C(=C\c4ccc(OCCOc5cc(C)ccc5C(C)C)cc4)C(=O)N=C3S2)cc1. The molecule has 0 bridgehead atoms. The van der Waals surface area contributed by atoms with Crippen molar-refractivity contribution in [2.75, 3.05) is 13.2 Å². The van der Waals surface area contributed by atoms with Gasteiger partial charge in [0.2, 0.25) is 5.17 Å². The topological polar surface area (TPSA) is 87.3 Å². The predicted octanol–water partition coefficient (Wildman–Crippen LogP) is 6.55. The summed E-state index contributed by atoms with van der Waals surface area (Å²) in [7, 11) is 0. The highest BCUT2D eigenvalue weighted by molar-refractivity contribution is 8.27. The third-order valence-corrected chi connectivity index (χ3v) is 7.30. The zero-order valence-corrected chi connectivity index (χ0v) is 23.2. The number of nitrogens with zero attached hydrogens (tertiary/aromatic N) is 3. The van der Waals surface area contributed by atoms with E-state index in [0.717, 1.165) is 28.0 Å². The van der Waals surface area contributed by atoms with Gasteiger partial charge in [0.15, 0.2) is 5.84 Å². The van der Waals surface area contributed by atoms with E-state index in [1.807, 2.05) is 55.5 Å². The number of aliphatic imine (C=N–C) groups is 1. The second-order valence-corrected chi connectivity index (χ2v) is 10.7. The van der Waals surface area contributed by atoms with Crippen LogP contribution in [0, 0.1) is 19.3 Å². The van der Waals surface area contributed by atoms with Gasteiger partial charge in [-0.2, -0.15) is 15.1 Å². The summed E-state index contributed by atoms with van der Waals surface area (Å²) >= 11 is 1.29. The molecule has 1 N–H and O–H groups in total. The first-order chi connectivity index (χ1) is 18.8. The van der Waals surface area contributed by atoms with Crippen LogP contribution in [-0.2, 0) is 4.79 Å². The highest BCUT2D eigenvalue weighted by atomic mass is 32.2. The van der Waals surface area contributed by atoms with Crippen LogP contribution in [0.1, 0.15) is 47.6 Å². The number of thioether (sulfide) groups is 1. The lowest BCUT2D eigenvalue weighted by Gasteiger charge is -2.20. The summed E-state index contributed by atoms with van der Waals surface area (Å²) in [5, 5.41) is 15.7. The normalized spacial score (nSPS) is 15.9. The van der Waals surface area contributed by atoms with Gasteiger partial charge in [0.1, 0.15) is 29.8 Å². The van der Waals surface area contributed by atoms with Gasteiger partial charge in [-0.15, -0.1) is 0 Å². The number of carbonyl (C=O) groups is 1. The molecule has 0 saturated carbocycles. The number of aryl methyl sites for hydroxylation is 2. The highest BCUT2D eigenvalue weighted by Crippen LogP contribution is 2.31. The molecular weight excluding hydrogens is 508 g/mol. The summed E-state index contributed by atoms with van der Waals surface area (Å²) in [5.74, 6) is 1.53. The number of nitrogens with one attached hydrogen (secondary N) is 1. The van der Waals surface area contributed by atoms with E-state index in [-0.39, 0.29) is 11.4 Å². The van der Waals surface area contributed by atoms with Gasteiger partial charge in [-0.3, -0.25) is 10.2 Å². The van der Waals surface area contributed by atoms with Crippen molar-refractivity contribution in [3.05, 3.63) is 100 Å². The summed E-state index contributed by atoms with van der Waals surface area (Å²) in [4.78, 5) is 16.9. The number of hydrogen-bond acceptors (Lipinski definition) is 6. The number of hydrazone groups is 1. The summed E-state index contributed by atoms with van der Waals surface area (Å²) in [5.41, 5.74) is 5.37. The molecule has 0 unspecified atom stereocenters. The Hall–Kier alpha value is -4.17. The summed E-state index contributed by atoms with van der Waals surface area (Å²) in [6, 6.07) is 21.6. The summed E-state index contributed by atoms with van der Waals surface area (Å²) in [6.45, 7) is 9.21. The second-order valence-electron chi connectivity index (χ2n) is 9.75. The fraction of sp³-hybridized carbons (Fsp3) is 0.226. The Bertz CT molecular complexity index is 1510. The van der Waals surface area contributed by atoms with E-state index in [1.165, 1.54) is 22.3 Å². The average molecular weight is 539 g/mol. The van der Waals surface area contributed by atoms with Crippen LogP contribution in [0.3, 0.4) is 0 Å². The van der Waals surface area contributed by atoms with Gasteiger partial charge in [-0.05, 0) is 72.5 Å². The molecule has 0 aromatic heterocycles. The van der Waals surface area contributed by atoms with E-state index in [2.05, 4.69) is 49.1 Å². The second kappa shape index (κ2) is 11.3. The zero-order chi connectivity index (χ0) is 27.5. The molecule has 0 radical (unpaired) electrons. The standard InChI is InChI=1S/C31H30N4O3S/c1-19(2)25-14-7-21(4)17-27(25)38-16-15-37-24-12-8-22(9-13-24)18-26-28(32)35-31(33-29(26)36)39-30(34-35)23-10-5-20(3)6-11-23/h5-14,17-19,32H,15-16H2,1-4H3/b26-18+,32-28?. The average Bonchev–Trinajstić information content (AvgIpc) is 3.34. The van der Waals surface area contributed by atoms with Crippen LogP contribution in [0.4, 0.5) is 0 Å². The number of carbonyl (C=O) groups excluding carboxylic acids is 1. The first kappa shape index (κ1) is 26.4. The molecule has 2 heterocycles. The zero-order valence-electron chi connectivity index (χ0n) is 22.4. The van der Waals surface area contributed by atoms with Crippen molar-refractivity contribution >= 4 is 39.8 Å². The minimum Gasteiger partial charge on any atom is -0.490 e.